The Labute approximate surface area is 84.0 Å². The van der Waals surface area contributed by atoms with Gasteiger partial charge in [0.05, 0.1) is 23.0 Å². The summed E-state index contributed by atoms with van der Waals surface area (Å²) in [6.45, 7) is 5.11. The van der Waals surface area contributed by atoms with E-state index in [0.717, 1.165) is 36.6 Å². The number of benzene rings is 1. The zero-order valence-corrected chi connectivity index (χ0v) is 8.25. The molecule has 1 aromatic rings. The van der Waals surface area contributed by atoms with E-state index in [-0.39, 0.29) is 0 Å². The second-order valence-corrected chi connectivity index (χ2v) is 3.35. The number of nitrogens with one attached hydrogen (secondary N) is 1. The maximum atomic E-state index is 8.81. The highest BCUT2D eigenvalue weighted by Gasteiger charge is 2.14. The van der Waals surface area contributed by atoms with Gasteiger partial charge in [-0.1, -0.05) is 0 Å². The van der Waals surface area contributed by atoms with Gasteiger partial charge in [0, 0.05) is 19.6 Å². The molecule has 1 aromatic carbocycles. The minimum atomic E-state index is 0.728. The van der Waals surface area contributed by atoms with E-state index in [9.17, 15) is 0 Å². The minimum Gasteiger partial charge on any atom is -0.382 e. The van der Waals surface area contributed by atoms with Crippen LogP contribution in [0.4, 0.5) is 11.4 Å². The highest BCUT2D eigenvalue weighted by molar-refractivity contribution is 5.73. The third kappa shape index (κ3) is 1.39. The molecule has 0 unspecified atom stereocenters. The lowest BCUT2D eigenvalue weighted by molar-refractivity contribution is 0.814. The molecule has 14 heavy (non-hydrogen) atoms. The molecule has 1 aliphatic rings. The maximum Gasteiger partial charge on any atom is 0.0992 e. The Hall–Kier alpha value is -1.69. The van der Waals surface area contributed by atoms with Crippen molar-refractivity contribution < 1.29 is 0 Å². The van der Waals surface area contributed by atoms with E-state index < -0.39 is 0 Å². The fourth-order valence-electron chi connectivity index (χ4n) is 1.79. The van der Waals surface area contributed by atoms with Crippen molar-refractivity contribution in [2.75, 3.05) is 29.9 Å². The number of likely N-dealkylation sites (N-methyl/N-ethyl adjacent to an activating group) is 1. The molecule has 72 valence electrons. The lowest BCUT2D eigenvalue weighted by atomic mass is 10.1. The summed E-state index contributed by atoms with van der Waals surface area (Å²) in [5, 5.41) is 12.1. The summed E-state index contributed by atoms with van der Waals surface area (Å²) in [5.74, 6) is 0. The molecule has 0 radical (unpaired) electrons. The molecular weight excluding hydrogens is 174 g/mol. The van der Waals surface area contributed by atoms with Crippen molar-refractivity contribution in [2.45, 2.75) is 6.92 Å². The number of nitriles is 1. The summed E-state index contributed by atoms with van der Waals surface area (Å²) < 4.78 is 0. The van der Waals surface area contributed by atoms with Crippen LogP contribution in [0.1, 0.15) is 12.5 Å². The zero-order valence-electron chi connectivity index (χ0n) is 8.25. The highest BCUT2D eigenvalue weighted by Crippen LogP contribution is 2.29. The van der Waals surface area contributed by atoms with Crippen molar-refractivity contribution in [3.8, 4) is 6.07 Å². The molecular formula is C11H13N3. The van der Waals surface area contributed by atoms with Crippen LogP contribution in [0.25, 0.3) is 0 Å². The van der Waals surface area contributed by atoms with Gasteiger partial charge in [0.1, 0.15) is 0 Å². The van der Waals surface area contributed by atoms with Crippen molar-refractivity contribution in [3.63, 3.8) is 0 Å². The summed E-state index contributed by atoms with van der Waals surface area (Å²) >= 11 is 0. The average Bonchev–Trinajstić information content (AvgIpc) is 2.27. The third-order valence-electron chi connectivity index (χ3n) is 2.55. The van der Waals surface area contributed by atoms with Crippen LogP contribution < -0.4 is 10.2 Å². The molecule has 0 aliphatic carbocycles. The zero-order chi connectivity index (χ0) is 9.97. The first-order chi connectivity index (χ1) is 6.85. The SMILES string of the molecule is CCN1CCNc2ccc(C#N)cc21. The Morgan fingerprint density at radius 2 is 2.43 bits per heavy atom. The second-order valence-electron chi connectivity index (χ2n) is 3.35. The maximum absolute atomic E-state index is 8.81. The number of nitrogens with zero attached hydrogens (tertiary/aromatic N) is 2. The van der Waals surface area contributed by atoms with E-state index in [2.05, 4.69) is 23.2 Å². The van der Waals surface area contributed by atoms with Crippen molar-refractivity contribution >= 4 is 11.4 Å². The highest BCUT2D eigenvalue weighted by atomic mass is 15.2. The molecule has 0 bridgehead atoms. The van der Waals surface area contributed by atoms with Gasteiger partial charge in [0.2, 0.25) is 0 Å². The van der Waals surface area contributed by atoms with Crippen molar-refractivity contribution in [1.29, 1.82) is 5.26 Å². The number of rotatable bonds is 1. The smallest absolute Gasteiger partial charge is 0.0992 e. The molecule has 0 spiro atoms. The Bertz CT molecular complexity index is 379. The van der Waals surface area contributed by atoms with Gasteiger partial charge in [0.25, 0.3) is 0 Å². The van der Waals surface area contributed by atoms with Gasteiger partial charge in [0.15, 0.2) is 0 Å². The predicted molar refractivity (Wildman–Crippen MR) is 57.5 cm³/mol. The Morgan fingerprint density at radius 1 is 1.57 bits per heavy atom. The monoisotopic (exact) mass is 187 g/mol. The van der Waals surface area contributed by atoms with Crippen LogP contribution in [0.2, 0.25) is 0 Å². The van der Waals surface area contributed by atoms with Crippen LogP contribution in [0, 0.1) is 11.3 Å². The van der Waals surface area contributed by atoms with Crippen LogP contribution in [-0.4, -0.2) is 19.6 Å². The summed E-state index contributed by atoms with van der Waals surface area (Å²) in [4.78, 5) is 2.28. The number of fused-ring (bicyclic) bond motifs is 1. The van der Waals surface area contributed by atoms with Gasteiger partial charge in [-0.25, -0.2) is 0 Å². The average molecular weight is 187 g/mol. The van der Waals surface area contributed by atoms with Crippen molar-refractivity contribution in [2.24, 2.45) is 0 Å². The fourth-order valence-corrected chi connectivity index (χ4v) is 1.79. The van der Waals surface area contributed by atoms with E-state index in [1.807, 2.05) is 18.2 Å². The summed E-state index contributed by atoms with van der Waals surface area (Å²) in [7, 11) is 0. The lowest BCUT2D eigenvalue weighted by Crippen LogP contribution is -2.33. The molecule has 3 nitrogen and oxygen atoms in total. The summed E-state index contributed by atoms with van der Waals surface area (Å²) in [6, 6.07) is 7.95. The topological polar surface area (TPSA) is 39.1 Å². The molecule has 1 aliphatic heterocycles. The molecule has 2 rings (SSSR count). The van der Waals surface area contributed by atoms with Gasteiger partial charge in [-0.15, -0.1) is 0 Å². The molecule has 0 atom stereocenters. The molecule has 0 saturated heterocycles. The van der Waals surface area contributed by atoms with Crippen LogP contribution >= 0.6 is 0 Å². The minimum absolute atomic E-state index is 0.728. The van der Waals surface area contributed by atoms with E-state index in [4.69, 9.17) is 5.26 Å². The number of hydrogen-bond donors (Lipinski definition) is 1. The summed E-state index contributed by atoms with van der Waals surface area (Å²) in [6.07, 6.45) is 0. The van der Waals surface area contributed by atoms with Crippen LogP contribution in [0.5, 0.6) is 0 Å². The third-order valence-corrected chi connectivity index (χ3v) is 2.55. The van der Waals surface area contributed by atoms with E-state index >= 15 is 0 Å². The normalized spacial score (nSPS) is 14.1. The lowest BCUT2D eigenvalue weighted by Gasteiger charge is -2.31. The van der Waals surface area contributed by atoms with Gasteiger partial charge in [-0.2, -0.15) is 5.26 Å². The van der Waals surface area contributed by atoms with Crippen LogP contribution in [0.3, 0.4) is 0 Å². The molecule has 1 heterocycles. The van der Waals surface area contributed by atoms with Crippen molar-refractivity contribution in [1.82, 2.24) is 0 Å². The van der Waals surface area contributed by atoms with Crippen LogP contribution in [-0.2, 0) is 0 Å². The first-order valence-corrected chi connectivity index (χ1v) is 4.88. The molecule has 0 amide bonds. The Morgan fingerprint density at radius 3 is 3.14 bits per heavy atom. The van der Waals surface area contributed by atoms with E-state index in [1.54, 1.807) is 0 Å². The van der Waals surface area contributed by atoms with Gasteiger partial charge >= 0.3 is 0 Å². The van der Waals surface area contributed by atoms with E-state index in [1.165, 1.54) is 0 Å². The standard InChI is InChI=1S/C11H13N3/c1-2-14-6-5-13-10-4-3-9(8-12)7-11(10)14/h3-4,7,13H,2,5-6H2,1H3. The molecule has 0 fully saturated rings. The van der Waals surface area contributed by atoms with Crippen molar-refractivity contribution in [3.05, 3.63) is 23.8 Å². The van der Waals surface area contributed by atoms with Crippen LogP contribution in [0.15, 0.2) is 18.2 Å². The Kier molecular flexibility index (Phi) is 2.28. The fraction of sp³-hybridized carbons (Fsp3) is 0.364. The molecule has 0 aromatic heterocycles. The molecule has 0 saturated carbocycles. The number of hydrogen-bond acceptors (Lipinski definition) is 3. The molecule has 3 heteroatoms. The first kappa shape index (κ1) is 8.89. The Balaban J connectivity index is 2.44. The second kappa shape index (κ2) is 3.59. The summed E-state index contributed by atoms with van der Waals surface area (Å²) in [5.41, 5.74) is 3.01. The largest absolute Gasteiger partial charge is 0.382 e. The van der Waals surface area contributed by atoms with E-state index in [0.29, 0.717) is 0 Å². The quantitative estimate of drug-likeness (QED) is 0.728. The van der Waals surface area contributed by atoms with Gasteiger partial charge in [-0.3, -0.25) is 0 Å². The predicted octanol–water partition coefficient (Wildman–Crippen LogP) is 1.81. The first-order valence-electron chi connectivity index (χ1n) is 4.88. The number of anilines is 2. The molecule has 1 N–H and O–H groups in total. The van der Waals surface area contributed by atoms with Gasteiger partial charge in [-0.05, 0) is 25.1 Å². The van der Waals surface area contributed by atoms with Gasteiger partial charge < -0.3 is 10.2 Å².